The van der Waals surface area contributed by atoms with E-state index in [-0.39, 0.29) is 0 Å². The Kier molecular flexibility index (Phi) is 5.55. The van der Waals surface area contributed by atoms with Gasteiger partial charge in [0.25, 0.3) is 0 Å². The lowest BCUT2D eigenvalue weighted by Gasteiger charge is -2.13. The van der Waals surface area contributed by atoms with E-state index in [2.05, 4.69) is 33.2 Å². The number of carbonyl (C=O) groups is 3. The summed E-state index contributed by atoms with van der Waals surface area (Å²) in [5, 5.41) is 21.8. The third-order valence-corrected chi connectivity index (χ3v) is 2.74. The molecule has 1 rings (SSSR count). The molecule has 19 heavy (non-hydrogen) atoms. The van der Waals surface area contributed by atoms with Gasteiger partial charge in [-0.05, 0) is 40.8 Å². The van der Waals surface area contributed by atoms with E-state index in [1.165, 1.54) is 0 Å². The first-order valence-electron chi connectivity index (χ1n) is 5.16. The Morgan fingerprint density at radius 3 is 2.47 bits per heavy atom. The summed E-state index contributed by atoms with van der Waals surface area (Å²) in [6.45, 7) is 0. The number of aliphatic carboxylic acids is 2. The number of halogens is 1. The molecule has 4 N–H and O–H groups in total. The summed E-state index contributed by atoms with van der Waals surface area (Å²) in [6.07, 6.45) is -0.685. The molecule has 1 unspecified atom stereocenters. The van der Waals surface area contributed by atoms with Crippen molar-refractivity contribution in [3.63, 3.8) is 0 Å². The average Bonchev–Trinajstić information content (AvgIpc) is 2.27. The quantitative estimate of drug-likeness (QED) is 0.578. The Labute approximate surface area is 122 Å². The number of rotatable bonds is 5. The molecule has 8 heteroatoms. The molecule has 0 bridgehead atoms. The fourth-order valence-electron chi connectivity index (χ4n) is 1.27. The highest BCUT2D eigenvalue weighted by atomic mass is 127. The van der Waals surface area contributed by atoms with Crippen molar-refractivity contribution < 1.29 is 24.6 Å². The van der Waals surface area contributed by atoms with Gasteiger partial charge in [0.1, 0.15) is 6.04 Å². The van der Waals surface area contributed by atoms with Crippen LogP contribution in [0.2, 0.25) is 0 Å². The van der Waals surface area contributed by atoms with Crippen molar-refractivity contribution in [2.24, 2.45) is 0 Å². The Balaban J connectivity index is 2.62. The normalized spacial score (nSPS) is 11.4. The van der Waals surface area contributed by atoms with Gasteiger partial charge in [-0.15, -0.1) is 0 Å². The molecule has 0 radical (unpaired) electrons. The molecule has 1 aromatic carbocycles. The molecule has 0 saturated heterocycles. The summed E-state index contributed by atoms with van der Waals surface area (Å²) < 4.78 is 0.899. The van der Waals surface area contributed by atoms with Crippen LogP contribution in [-0.4, -0.2) is 34.2 Å². The minimum atomic E-state index is -1.47. The molecule has 0 spiro atoms. The summed E-state index contributed by atoms with van der Waals surface area (Å²) >= 11 is 2.06. The zero-order valence-corrected chi connectivity index (χ0v) is 11.7. The molecule has 0 aliphatic rings. The van der Waals surface area contributed by atoms with Crippen LogP contribution in [0.3, 0.4) is 0 Å². The number of hydrogen-bond donors (Lipinski definition) is 4. The van der Waals surface area contributed by atoms with Gasteiger partial charge in [0.2, 0.25) is 0 Å². The van der Waals surface area contributed by atoms with Gasteiger partial charge in [-0.3, -0.25) is 4.79 Å². The zero-order valence-electron chi connectivity index (χ0n) is 9.59. The first-order valence-corrected chi connectivity index (χ1v) is 6.24. The molecule has 0 aliphatic heterocycles. The molecule has 0 saturated carbocycles. The second-order valence-corrected chi connectivity index (χ2v) is 4.84. The Morgan fingerprint density at radius 1 is 1.26 bits per heavy atom. The number of carboxylic acid groups (broad SMARTS) is 2. The third-order valence-electron chi connectivity index (χ3n) is 2.06. The van der Waals surface area contributed by atoms with Crippen molar-refractivity contribution in [2.75, 3.05) is 5.32 Å². The van der Waals surface area contributed by atoms with Crippen molar-refractivity contribution in [1.82, 2.24) is 5.32 Å². The SMILES string of the molecule is O=C(O)CC(NC(=O)Nc1cccc(I)c1)C(=O)O. The lowest BCUT2D eigenvalue weighted by molar-refractivity contribution is -0.145. The van der Waals surface area contributed by atoms with Gasteiger partial charge < -0.3 is 20.8 Å². The lowest BCUT2D eigenvalue weighted by Crippen LogP contribution is -2.44. The molecule has 0 heterocycles. The van der Waals surface area contributed by atoms with Crippen LogP contribution in [0.1, 0.15) is 6.42 Å². The van der Waals surface area contributed by atoms with Crippen molar-refractivity contribution >= 4 is 46.2 Å². The number of nitrogens with one attached hydrogen (secondary N) is 2. The van der Waals surface area contributed by atoms with E-state index in [9.17, 15) is 14.4 Å². The number of benzene rings is 1. The van der Waals surface area contributed by atoms with Gasteiger partial charge >= 0.3 is 18.0 Å². The maximum atomic E-state index is 11.5. The van der Waals surface area contributed by atoms with Crippen molar-refractivity contribution in [1.29, 1.82) is 0 Å². The molecule has 1 aromatic rings. The number of amides is 2. The average molecular weight is 378 g/mol. The fraction of sp³-hybridized carbons (Fsp3) is 0.182. The molecule has 7 nitrogen and oxygen atoms in total. The van der Waals surface area contributed by atoms with Gasteiger partial charge in [-0.1, -0.05) is 6.07 Å². The molecule has 0 fully saturated rings. The van der Waals surface area contributed by atoms with Crippen molar-refractivity contribution in [3.8, 4) is 0 Å². The van der Waals surface area contributed by atoms with E-state index < -0.39 is 30.4 Å². The molecular formula is C11H11IN2O5. The maximum absolute atomic E-state index is 11.5. The minimum Gasteiger partial charge on any atom is -0.481 e. The van der Waals surface area contributed by atoms with E-state index in [0.717, 1.165) is 3.57 Å². The van der Waals surface area contributed by atoms with Crippen LogP contribution in [0.15, 0.2) is 24.3 Å². The highest BCUT2D eigenvalue weighted by Gasteiger charge is 2.22. The van der Waals surface area contributed by atoms with Crippen LogP contribution >= 0.6 is 22.6 Å². The Hall–Kier alpha value is -1.84. The Bertz CT molecular complexity index is 506. The third kappa shape index (κ3) is 5.55. The molecular weight excluding hydrogens is 367 g/mol. The van der Waals surface area contributed by atoms with E-state index in [1.54, 1.807) is 18.2 Å². The summed E-state index contributed by atoms with van der Waals surface area (Å²) in [4.78, 5) is 32.8. The molecule has 102 valence electrons. The predicted molar refractivity (Wildman–Crippen MR) is 75.0 cm³/mol. The molecule has 0 aromatic heterocycles. The van der Waals surface area contributed by atoms with Gasteiger partial charge in [0, 0.05) is 9.26 Å². The van der Waals surface area contributed by atoms with Gasteiger partial charge in [0.05, 0.1) is 6.42 Å². The van der Waals surface area contributed by atoms with Crippen LogP contribution < -0.4 is 10.6 Å². The first kappa shape index (κ1) is 15.2. The highest BCUT2D eigenvalue weighted by Crippen LogP contribution is 2.12. The topological polar surface area (TPSA) is 116 Å². The van der Waals surface area contributed by atoms with Crippen molar-refractivity contribution in [3.05, 3.63) is 27.8 Å². The number of carboxylic acids is 2. The predicted octanol–water partition coefficient (Wildman–Crippen LogP) is 1.34. The van der Waals surface area contributed by atoms with Crippen LogP contribution in [0, 0.1) is 3.57 Å². The molecule has 0 aliphatic carbocycles. The fourth-order valence-corrected chi connectivity index (χ4v) is 1.81. The number of carbonyl (C=O) groups excluding carboxylic acids is 1. The summed E-state index contributed by atoms with van der Waals surface area (Å²) in [6, 6.07) is 4.63. The van der Waals surface area contributed by atoms with Gasteiger partial charge in [0.15, 0.2) is 0 Å². The van der Waals surface area contributed by atoms with E-state index in [0.29, 0.717) is 5.69 Å². The van der Waals surface area contributed by atoms with Crippen LogP contribution in [-0.2, 0) is 9.59 Å². The van der Waals surface area contributed by atoms with E-state index in [4.69, 9.17) is 10.2 Å². The molecule has 2 amide bonds. The lowest BCUT2D eigenvalue weighted by atomic mass is 10.2. The summed E-state index contributed by atoms with van der Waals surface area (Å²) in [5.41, 5.74) is 0.490. The van der Waals surface area contributed by atoms with E-state index >= 15 is 0 Å². The number of hydrogen-bond acceptors (Lipinski definition) is 3. The second-order valence-electron chi connectivity index (χ2n) is 3.60. The largest absolute Gasteiger partial charge is 0.481 e. The van der Waals surface area contributed by atoms with Gasteiger partial charge in [-0.2, -0.15) is 0 Å². The maximum Gasteiger partial charge on any atom is 0.326 e. The standard InChI is InChI=1S/C11H11IN2O5/c12-6-2-1-3-7(4-6)13-11(19)14-8(10(17)18)5-9(15)16/h1-4,8H,5H2,(H,15,16)(H,17,18)(H2,13,14,19). The van der Waals surface area contributed by atoms with Crippen molar-refractivity contribution in [2.45, 2.75) is 12.5 Å². The number of anilines is 1. The number of urea groups is 1. The zero-order chi connectivity index (χ0) is 14.4. The summed E-state index contributed by atoms with van der Waals surface area (Å²) in [7, 11) is 0. The minimum absolute atomic E-state index is 0.490. The van der Waals surface area contributed by atoms with Crippen LogP contribution in [0.25, 0.3) is 0 Å². The van der Waals surface area contributed by atoms with Crippen LogP contribution in [0.5, 0.6) is 0 Å². The second kappa shape index (κ2) is 6.92. The molecule has 1 atom stereocenters. The Morgan fingerprint density at radius 2 is 1.95 bits per heavy atom. The highest BCUT2D eigenvalue weighted by molar-refractivity contribution is 14.1. The smallest absolute Gasteiger partial charge is 0.326 e. The van der Waals surface area contributed by atoms with Crippen LogP contribution in [0.4, 0.5) is 10.5 Å². The monoisotopic (exact) mass is 378 g/mol. The summed E-state index contributed by atoms with van der Waals surface area (Å²) in [5.74, 6) is -2.71. The van der Waals surface area contributed by atoms with Gasteiger partial charge in [-0.25, -0.2) is 9.59 Å². The van der Waals surface area contributed by atoms with E-state index in [1.807, 2.05) is 6.07 Å². The first-order chi connectivity index (χ1) is 8.88.